The van der Waals surface area contributed by atoms with Crippen molar-refractivity contribution in [2.45, 2.75) is 9.96 Å². The number of alkyl halides is 3. The van der Waals surface area contributed by atoms with E-state index in [4.69, 9.17) is 44.3 Å². The van der Waals surface area contributed by atoms with E-state index in [-0.39, 0.29) is 6.17 Å². The van der Waals surface area contributed by atoms with Gasteiger partial charge in [-0.05, 0) is 0 Å². The molecule has 0 aromatic rings. The molecule has 0 saturated carbocycles. The third-order valence-electron chi connectivity index (χ3n) is 3.08. The topological polar surface area (TPSA) is 24.9 Å². The molecule has 0 aliphatic carbocycles. The second-order valence-electron chi connectivity index (χ2n) is 4.21. The molecular weight excluding hydrogens is 286 g/mol. The second-order valence-corrected chi connectivity index (χ2v) is 6.58. The lowest BCUT2D eigenvalue weighted by atomic mass is 10.3. The van der Waals surface area contributed by atoms with Crippen molar-refractivity contribution >= 4 is 34.8 Å². The minimum atomic E-state index is -1.31. The van der Waals surface area contributed by atoms with Gasteiger partial charge in [0.25, 0.3) is 0 Å². The molecule has 2 saturated heterocycles. The molecule has 2 aliphatic rings. The summed E-state index contributed by atoms with van der Waals surface area (Å²) in [6.45, 7) is 5.99. The van der Waals surface area contributed by atoms with Gasteiger partial charge in [0, 0.05) is 26.2 Å². The maximum absolute atomic E-state index is 6.13. The lowest BCUT2D eigenvalue weighted by molar-refractivity contribution is -0.0642. The van der Waals surface area contributed by atoms with Crippen molar-refractivity contribution in [2.75, 3.05) is 52.6 Å². The molecular formula is C10H17Cl3N2O2. The molecule has 0 aromatic heterocycles. The Kier molecular flexibility index (Phi) is 5.18. The standard InChI is InChI=1S/C10H17Cl3N2O2/c11-10(12,13)9(14-1-5-16-6-2-14)15-3-7-17-8-4-15/h9H,1-8H2. The fourth-order valence-corrected chi connectivity index (χ4v) is 3.12. The summed E-state index contributed by atoms with van der Waals surface area (Å²) in [7, 11) is 0. The molecule has 0 atom stereocenters. The summed E-state index contributed by atoms with van der Waals surface area (Å²) < 4.78 is 9.36. The zero-order valence-electron chi connectivity index (χ0n) is 9.58. The van der Waals surface area contributed by atoms with Gasteiger partial charge in [-0.2, -0.15) is 0 Å². The molecule has 7 heteroatoms. The highest BCUT2D eigenvalue weighted by Crippen LogP contribution is 2.36. The molecule has 0 radical (unpaired) electrons. The number of morpholine rings is 2. The van der Waals surface area contributed by atoms with Gasteiger partial charge in [0.05, 0.1) is 26.4 Å². The van der Waals surface area contributed by atoms with Crippen LogP contribution >= 0.6 is 34.8 Å². The van der Waals surface area contributed by atoms with Crippen LogP contribution in [0, 0.1) is 0 Å². The summed E-state index contributed by atoms with van der Waals surface area (Å²) in [4.78, 5) is 4.36. The predicted molar refractivity (Wildman–Crippen MR) is 68.9 cm³/mol. The lowest BCUT2D eigenvalue weighted by Gasteiger charge is -2.45. The minimum absolute atomic E-state index is 0.194. The Morgan fingerprint density at radius 2 is 1.12 bits per heavy atom. The fraction of sp³-hybridized carbons (Fsp3) is 1.00. The van der Waals surface area contributed by atoms with E-state index in [1.807, 2.05) is 0 Å². The van der Waals surface area contributed by atoms with E-state index >= 15 is 0 Å². The van der Waals surface area contributed by atoms with Gasteiger partial charge in [0.15, 0.2) is 0 Å². The Bertz CT molecular complexity index is 220. The van der Waals surface area contributed by atoms with Gasteiger partial charge in [0.2, 0.25) is 3.79 Å². The molecule has 0 spiro atoms. The molecule has 2 fully saturated rings. The van der Waals surface area contributed by atoms with Crippen LogP contribution in [0.3, 0.4) is 0 Å². The van der Waals surface area contributed by atoms with Crippen molar-refractivity contribution in [3.8, 4) is 0 Å². The van der Waals surface area contributed by atoms with Crippen LogP contribution in [-0.4, -0.2) is 72.4 Å². The van der Waals surface area contributed by atoms with Crippen LogP contribution in [0.15, 0.2) is 0 Å². The second kappa shape index (κ2) is 6.24. The van der Waals surface area contributed by atoms with Gasteiger partial charge >= 0.3 is 0 Å². The van der Waals surface area contributed by atoms with Crippen LogP contribution in [0.5, 0.6) is 0 Å². The Morgan fingerprint density at radius 1 is 0.765 bits per heavy atom. The van der Waals surface area contributed by atoms with Crippen molar-refractivity contribution < 1.29 is 9.47 Å². The number of ether oxygens (including phenoxy) is 2. The Morgan fingerprint density at radius 3 is 1.41 bits per heavy atom. The van der Waals surface area contributed by atoms with E-state index in [1.54, 1.807) is 0 Å². The first-order chi connectivity index (χ1) is 8.09. The normalized spacial score (nSPS) is 25.4. The first-order valence-corrected chi connectivity index (χ1v) is 6.93. The third-order valence-corrected chi connectivity index (χ3v) is 3.66. The highest BCUT2D eigenvalue weighted by Gasteiger charge is 2.42. The summed E-state index contributed by atoms with van der Waals surface area (Å²) in [5.74, 6) is 0. The monoisotopic (exact) mass is 302 g/mol. The van der Waals surface area contributed by atoms with Crippen molar-refractivity contribution in [3.05, 3.63) is 0 Å². The van der Waals surface area contributed by atoms with E-state index in [2.05, 4.69) is 9.80 Å². The SMILES string of the molecule is ClC(Cl)(Cl)C(N1CCOCC1)N1CCOCC1. The van der Waals surface area contributed by atoms with Crippen molar-refractivity contribution in [3.63, 3.8) is 0 Å². The first kappa shape index (κ1) is 14.1. The molecule has 0 amide bonds. The number of halogens is 3. The summed E-state index contributed by atoms with van der Waals surface area (Å²) >= 11 is 18.4. The van der Waals surface area contributed by atoms with E-state index in [0.717, 1.165) is 26.2 Å². The zero-order chi connectivity index (χ0) is 12.3. The molecule has 0 unspecified atom stereocenters. The highest BCUT2D eigenvalue weighted by atomic mass is 35.6. The number of nitrogens with zero attached hydrogens (tertiary/aromatic N) is 2. The molecule has 17 heavy (non-hydrogen) atoms. The lowest BCUT2D eigenvalue weighted by Crippen LogP contribution is -2.60. The largest absolute Gasteiger partial charge is 0.379 e. The molecule has 2 rings (SSSR count). The number of hydrogen-bond acceptors (Lipinski definition) is 4. The van der Waals surface area contributed by atoms with Crippen LogP contribution < -0.4 is 0 Å². The summed E-state index contributed by atoms with van der Waals surface area (Å²) in [5, 5.41) is 0. The van der Waals surface area contributed by atoms with Crippen LogP contribution in [0.25, 0.3) is 0 Å². The van der Waals surface area contributed by atoms with Gasteiger partial charge in [-0.3, -0.25) is 9.80 Å². The Labute approximate surface area is 117 Å². The fourth-order valence-electron chi connectivity index (χ4n) is 2.29. The third kappa shape index (κ3) is 3.83. The summed E-state index contributed by atoms with van der Waals surface area (Å²) in [6.07, 6.45) is -0.194. The van der Waals surface area contributed by atoms with E-state index in [9.17, 15) is 0 Å². The predicted octanol–water partition coefficient (Wildman–Crippen LogP) is 1.35. The van der Waals surface area contributed by atoms with Gasteiger partial charge in [-0.1, -0.05) is 34.8 Å². The average Bonchev–Trinajstić information content (AvgIpc) is 2.30. The van der Waals surface area contributed by atoms with Crippen LogP contribution in [0.4, 0.5) is 0 Å². The minimum Gasteiger partial charge on any atom is -0.379 e. The van der Waals surface area contributed by atoms with Crippen molar-refractivity contribution in [2.24, 2.45) is 0 Å². The smallest absolute Gasteiger partial charge is 0.218 e. The van der Waals surface area contributed by atoms with Gasteiger partial charge in [0.1, 0.15) is 6.17 Å². The number of rotatable bonds is 2. The Hall–Kier alpha value is 0.710. The summed E-state index contributed by atoms with van der Waals surface area (Å²) in [5.41, 5.74) is 0. The van der Waals surface area contributed by atoms with E-state index in [1.165, 1.54) is 0 Å². The van der Waals surface area contributed by atoms with Gasteiger partial charge in [-0.15, -0.1) is 0 Å². The number of hydrogen-bond donors (Lipinski definition) is 0. The molecule has 0 bridgehead atoms. The maximum atomic E-state index is 6.13. The maximum Gasteiger partial charge on any atom is 0.218 e. The molecule has 4 nitrogen and oxygen atoms in total. The van der Waals surface area contributed by atoms with Crippen LogP contribution in [0.1, 0.15) is 0 Å². The molecule has 2 aliphatic heterocycles. The van der Waals surface area contributed by atoms with Crippen molar-refractivity contribution in [1.82, 2.24) is 9.80 Å². The van der Waals surface area contributed by atoms with Gasteiger partial charge in [-0.25, -0.2) is 0 Å². The van der Waals surface area contributed by atoms with E-state index in [0.29, 0.717) is 26.4 Å². The zero-order valence-corrected chi connectivity index (χ0v) is 11.8. The molecule has 0 N–H and O–H groups in total. The molecule has 100 valence electrons. The van der Waals surface area contributed by atoms with Crippen molar-refractivity contribution in [1.29, 1.82) is 0 Å². The first-order valence-electron chi connectivity index (χ1n) is 5.79. The van der Waals surface area contributed by atoms with Crippen LogP contribution in [-0.2, 0) is 9.47 Å². The van der Waals surface area contributed by atoms with Gasteiger partial charge < -0.3 is 9.47 Å². The molecule has 2 heterocycles. The highest BCUT2D eigenvalue weighted by molar-refractivity contribution is 6.68. The average molecular weight is 304 g/mol. The Balaban J connectivity index is 2.06. The quantitative estimate of drug-likeness (QED) is 0.719. The van der Waals surface area contributed by atoms with E-state index < -0.39 is 3.79 Å². The summed E-state index contributed by atoms with van der Waals surface area (Å²) in [6, 6.07) is 0. The molecule has 0 aromatic carbocycles. The van der Waals surface area contributed by atoms with Crippen LogP contribution in [0.2, 0.25) is 0 Å².